The van der Waals surface area contributed by atoms with Gasteiger partial charge in [0, 0.05) is 13.6 Å². The van der Waals surface area contributed by atoms with Gasteiger partial charge in [-0.25, -0.2) is 0 Å². The molecule has 98 valence electrons. The van der Waals surface area contributed by atoms with Crippen molar-refractivity contribution in [2.75, 3.05) is 7.09 Å². The maximum atomic E-state index is 9.56. The number of ether oxygens (including phenoxy) is 1. The highest BCUT2D eigenvalue weighted by molar-refractivity contribution is 4.89. The normalized spacial score (nSPS) is 12.8. The van der Waals surface area contributed by atoms with Crippen molar-refractivity contribution >= 4 is 0 Å². The van der Waals surface area contributed by atoms with Crippen LogP contribution in [0.15, 0.2) is 6.20 Å². The van der Waals surface area contributed by atoms with Crippen LogP contribution in [0.2, 0.25) is 0 Å². The molecule has 1 N–H and O–H groups in total. The molecule has 0 aliphatic rings. The Morgan fingerprint density at radius 2 is 2.29 bits per heavy atom. The number of aromatic nitrogens is 3. The molecule has 0 unspecified atom stereocenters. The van der Waals surface area contributed by atoms with E-state index in [2.05, 4.69) is 10.3 Å². The molecule has 1 aromatic rings. The van der Waals surface area contributed by atoms with E-state index >= 15 is 0 Å². The second kappa shape index (κ2) is 6.71. The second-order valence-corrected chi connectivity index (χ2v) is 4.94. The molecule has 0 saturated carbocycles. The average Bonchev–Trinajstić information content (AvgIpc) is 2.72. The molecule has 17 heavy (non-hydrogen) atoms. The predicted octanol–water partition coefficient (Wildman–Crippen LogP) is 1.76. The lowest BCUT2D eigenvalue weighted by atomic mass is 10.0. The smallest absolute Gasteiger partial charge is 0.108 e. The quantitative estimate of drug-likeness (QED) is 0.706. The summed E-state index contributed by atoms with van der Waals surface area (Å²) in [5, 5.41) is 17.5. The summed E-state index contributed by atoms with van der Waals surface area (Å²) < 4.78 is 13.6. The van der Waals surface area contributed by atoms with Crippen molar-refractivity contribution in [3.63, 3.8) is 0 Å². The predicted molar refractivity (Wildman–Crippen MR) is 65.5 cm³/mol. The van der Waals surface area contributed by atoms with Crippen molar-refractivity contribution in [1.82, 2.24) is 15.0 Å². The summed E-state index contributed by atoms with van der Waals surface area (Å²) >= 11 is 0. The highest BCUT2D eigenvalue weighted by Gasteiger charge is 2.10. The lowest BCUT2D eigenvalue weighted by Crippen LogP contribution is -2.17. The highest BCUT2D eigenvalue weighted by atomic mass is 16.5. The summed E-state index contributed by atoms with van der Waals surface area (Å²) in [6, 6.07) is 0. The Morgan fingerprint density at radius 1 is 1.47 bits per heavy atom. The third-order valence-corrected chi connectivity index (χ3v) is 2.51. The van der Waals surface area contributed by atoms with Crippen LogP contribution in [0.25, 0.3) is 0 Å². The number of hydrogen-bond donors (Lipinski definition) is 1. The summed E-state index contributed by atoms with van der Waals surface area (Å²) in [5.74, 6) is 0. The summed E-state index contributed by atoms with van der Waals surface area (Å²) in [6.45, 7) is 4.86. The van der Waals surface area contributed by atoms with Gasteiger partial charge < -0.3 is 9.84 Å². The monoisotopic (exact) mass is 242 g/mol. The van der Waals surface area contributed by atoms with Gasteiger partial charge in [-0.15, -0.1) is 5.10 Å². The minimum atomic E-state index is -0.561. The molecule has 5 heteroatoms. The topological polar surface area (TPSA) is 60.2 Å². The highest BCUT2D eigenvalue weighted by Crippen LogP contribution is 2.13. The summed E-state index contributed by atoms with van der Waals surface area (Å²) in [7, 11) is -0.0518. The molecule has 0 aliphatic carbocycles. The van der Waals surface area contributed by atoms with Crippen LogP contribution in [0.5, 0.6) is 0 Å². The van der Waals surface area contributed by atoms with Crippen LogP contribution in [-0.4, -0.2) is 32.8 Å². The molecule has 0 saturated heterocycles. The summed E-state index contributed by atoms with van der Waals surface area (Å²) in [4.78, 5) is 0. The second-order valence-electron chi connectivity index (χ2n) is 4.94. The van der Waals surface area contributed by atoms with E-state index in [0.717, 1.165) is 37.9 Å². The Labute approximate surface area is 104 Å². The summed E-state index contributed by atoms with van der Waals surface area (Å²) in [6.07, 6.45) is 5.80. The fourth-order valence-corrected chi connectivity index (χ4v) is 1.63. The molecule has 5 nitrogen and oxygen atoms in total. The van der Waals surface area contributed by atoms with Gasteiger partial charge in [-0.05, 0) is 26.7 Å². The van der Waals surface area contributed by atoms with Crippen molar-refractivity contribution in [2.45, 2.75) is 58.3 Å². The molecular formula is C12H23N3O2. The number of hydrogen-bond acceptors (Lipinski definition) is 4. The van der Waals surface area contributed by atoms with Gasteiger partial charge in [-0.2, -0.15) is 0 Å². The van der Waals surface area contributed by atoms with Gasteiger partial charge >= 0.3 is 0 Å². The van der Waals surface area contributed by atoms with Crippen LogP contribution >= 0.6 is 0 Å². The Balaban J connectivity index is 2.13. The van der Waals surface area contributed by atoms with E-state index in [1.54, 1.807) is 4.68 Å². The van der Waals surface area contributed by atoms with Gasteiger partial charge in [0.05, 0.1) is 19.8 Å². The summed E-state index contributed by atoms with van der Waals surface area (Å²) in [5.41, 5.74) is 0.201. The standard InChI is InChI=1S/C12H23N3O2/c1-12(2,16)7-5-4-6-8-15-9-11(10-17-3)13-14-15/h9,16H,4-8,10H2,1-3H3/i3D. The number of nitrogens with zero attached hydrogens (tertiary/aromatic N) is 3. The van der Waals surface area contributed by atoms with Crippen molar-refractivity contribution < 1.29 is 11.2 Å². The van der Waals surface area contributed by atoms with E-state index in [-0.39, 0.29) is 7.09 Å². The lowest BCUT2D eigenvalue weighted by Gasteiger charge is -2.16. The molecule has 0 aliphatic heterocycles. The molecule has 0 radical (unpaired) electrons. The van der Waals surface area contributed by atoms with Crippen molar-refractivity contribution in [1.29, 1.82) is 0 Å². The van der Waals surface area contributed by atoms with Crippen LogP contribution < -0.4 is 0 Å². The number of methoxy groups -OCH3 is 1. The molecule has 0 aromatic carbocycles. The molecule has 1 heterocycles. The lowest BCUT2D eigenvalue weighted by molar-refractivity contribution is 0.0679. The van der Waals surface area contributed by atoms with Crippen LogP contribution in [-0.2, 0) is 17.9 Å². The number of aryl methyl sites for hydroxylation is 1. The molecule has 1 rings (SSSR count). The molecule has 1 aromatic heterocycles. The van der Waals surface area contributed by atoms with Gasteiger partial charge in [0.15, 0.2) is 0 Å². The van der Waals surface area contributed by atoms with Gasteiger partial charge in [-0.1, -0.05) is 18.1 Å². The minimum Gasteiger partial charge on any atom is -0.390 e. The van der Waals surface area contributed by atoms with E-state index in [0.29, 0.717) is 6.61 Å². The van der Waals surface area contributed by atoms with Crippen molar-refractivity contribution in [3.05, 3.63) is 11.9 Å². The zero-order chi connectivity index (χ0) is 13.4. The third-order valence-electron chi connectivity index (χ3n) is 2.51. The molecule has 0 bridgehead atoms. The maximum absolute atomic E-state index is 9.56. The van der Waals surface area contributed by atoms with Gasteiger partial charge in [0.25, 0.3) is 0 Å². The third kappa shape index (κ3) is 6.38. The molecule has 0 atom stereocenters. The fraction of sp³-hybridized carbons (Fsp3) is 0.833. The minimum absolute atomic E-state index is 0.0518. The Hall–Kier alpha value is -0.940. The van der Waals surface area contributed by atoms with Crippen LogP contribution in [0.3, 0.4) is 0 Å². The van der Waals surface area contributed by atoms with Crippen molar-refractivity contribution in [3.8, 4) is 0 Å². The average molecular weight is 242 g/mol. The molecular weight excluding hydrogens is 218 g/mol. The number of rotatable bonds is 8. The van der Waals surface area contributed by atoms with Crippen LogP contribution in [0.1, 0.15) is 46.6 Å². The number of aliphatic hydroxyl groups is 1. The zero-order valence-corrected chi connectivity index (χ0v) is 10.7. The Morgan fingerprint density at radius 3 is 3.00 bits per heavy atom. The molecule has 0 fully saturated rings. The number of unbranched alkanes of at least 4 members (excludes halogenated alkanes) is 2. The first-order valence-corrected chi connectivity index (χ1v) is 5.99. The van der Waals surface area contributed by atoms with E-state index < -0.39 is 5.60 Å². The van der Waals surface area contributed by atoms with Gasteiger partial charge in [0.2, 0.25) is 0 Å². The van der Waals surface area contributed by atoms with Gasteiger partial charge in [0.1, 0.15) is 5.69 Å². The maximum Gasteiger partial charge on any atom is 0.108 e. The first-order valence-electron chi connectivity index (χ1n) is 6.70. The Kier molecular flexibility index (Phi) is 4.94. The van der Waals surface area contributed by atoms with E-state index in [1.165, 1.54) is 0 Å². The SMILES string of the molecule is [2H]COCc1cn(CCCCCC(C)(C)O)nn1. The van der Waals surface area contributed by atoms with Crippen LogP contribution in [0, 0.1) is 0 Å². The molecule has 0 amide bonds. The molecule has 0 spiro atoms. The van der Waals surface area contributed by atoms with Gasteiger partial charge in [-0.3, -0.25) is 4.68 Å². The van der Waals surface area contributed by atoms with Crippen LogP contribution in [0.4, 0.5) is 0 Å². The zero-order valence-electron chi connectivity index (χ0n) is 11.7. The first-order chi connectivity index (χ1) is 8.51. The first kappa shape index (κ1) is 12.5. The van der Waals surface area contributed by atoms with E-state index in [9.17, 15) is 5.11 Å². The largest absolute Gasteiger partial charge is 0.390 e. The Bertz CT molecular complexity index is 336. The van der Waals surface area contributed by atoms with E-state index in [1.807, 2.05) is 20.0 Å². The van der Waals surface area contributed by atoms with E-state index in [4.69, 9.17) is 6.11 Å². The fourth-order valence-electron chi connectivity index (χ4n) is 1.63. The van der Waals surface area contributed by atoms with Crippen molar-refractivity contribution in [2.24, 2.45) is 0 Å².